The molecule has 0 amide bonds. The Hall–Kier alpha value is -3.73. The number of nitro groups is 1. The topological polar surface area (TPSA) is 117 Å². The summed E-state index contributed by atoms with van der Waals surface area (Å²) in [6.07, 6.45) is 0. The van der Waals surface area contributed by atoms with E-state index in [1.807, 2.05) is 0 Å². The van der Waals surface area contributed by atoms with Gasteiger partial charge in [-0.3, -0.25) is 10.1 Å². The van der Waals surface area contributed by atoms with Gasteiger partial charge in [0, 0.05) is 34.5 Å². The summed E-state index contributed by atoms with van der Waals surface area (Å²) in [5.74, 6) is -1.75. The van der Waals surface area contributed by atoms with Crippen LogP contribution in [0.3, 0.4) is 0 Å². The highest BCUT2D eigenvalue weighted by atomic mass is 32.1. The molecule has 0 radical (unpaired) electrons. The van der Waals surface area contributed by atoms with Crippen molar-refractivity contribution in [3.8, 4) is 17.1 Å². The van der Waals surface area contributed by atoms with E-state index < -0.39 is 16.6 Å². The molecule has 0 unspecified atom stereocenters. The fourth-order valence-electron chi connectivity index (χ4n) is 2.59. The molecule has 0 fully saturated rings. The van der Waals surface area contributed by atoms with Crippen LogP contribution in [0.25, 0.3) is 22.2 Å². The predicted molar refractivity (Wildman–Crippen MR) is 98.3 cm³/mol. The average Bonchev–Trinajstić information content (AvgIpc) is 3.23. The number of aromatic hydroxyl groups is 1. The maximum absolute atomic E-state index is 13.9. The van der Waals surface area contributed by atoms with Gasteiger partial charge in [-0.25, -0.2) is 13.8 Å². The Morgan fingerprint density at radius 1 is 1.18 bits per heavy atom. The second kappa shape index (κ2) is 6.78. The summed E-state index contributed by atoms with van der Waals surface area (Å²) >= 11 is 1.07. The Balaban J connectivity index is 1.68. The van der Waals surface area contributed by atoms with Gasteiger partial charge in [0.15, 0.2) is 5.69 Å². The number of halogens is 2. The van der Waals surface area contributed by atoms with Crippen LogP contribution in [0.15, 0.2) is 52.0 Å². The van der Waals surface area contributed by atoms with Crippen molar-refractivity contribution in [3.05, 3.63) is 63.5 Å². The fourth-order valence-corrected chi connectivity index (χ4v) is 3.23. The van der Waals surface area contributed by atoms with Crippen LogP contribution in [0.1, 0.15) is 0 Å². The van der Waals surface area contributed by atoms with Crippen LogP contribution in [-0.2, 0) is 0 Å². The van der Waals surface area contributed by atoms with Crippen molar-refractivity contribution < 1.29 is 18.8 Å². The van der Waals surface area contributed by atoms with Gasteiger partial charge in [-0.1, -0.05) is 0 Å². The number of nitrogens with one attached hydrogen (secondary N) is 1. The van der Waals surface area contributed by atoms with Crippen molar-refractivity contribution in [1.29, 1.82) is 0 Å². The van der Waals surface area contributed by atoms with E-state index in [1.54, 1.807) is 0 Å². The number of hydrogen-bond donors (Lipinski definition) is 2. The van der Waals surface area contributed by atoms with E-state index in [0.717, 1.165) is 23.5 Å². The van der Waals surface area contributed by atoms with E-state index in [-0.39, 0.29) is 33.6 Å². The van der Waals surface area contributed by atoms with Crippen molar-refractivity contribution in [2.45, 2.75) is 0 Å². The number of benzene rings is 2. The van der Waals surface area contributed by atoms with Crippen LogP contribution in [0.5, 0.6) is 5.88 Å². The third-order valence-corrected chi connectivity index (χ3v) is 4.61. The lowest BCUT2D eigenvalue weighted by atomic mass is 10.1. The fraction of sp³-hybridized carbons (Fsp3) is 0. The summed E-state index contributed by atoms with van der Waals surface area (Å²) < 4.78 is 26.9. The summed E-state index contributed by atoms with van der Waals surface area (Å²) in [6.45, 7) is 0. The second-order valence-corrected chi connectivity index (χ2v) is 6.49. The van der Waals surface area contributed by atoms with Gasteiger partial charge in [0.2, 0.25) is 11.0 Å². The van der Waals surface area contributed by atoms with E-state index >= 15 is 0 Å². The van der Waals surface area contributed by atoms with Crippen LogP contribution < -0.4 is 0 Å². The number of aromatic amines is 1. The molecule has 2 aromatic heterocycles. The second-order valence-electron chi connectivity index (χ2n) is 5.65. The Kier molecular flexibility index (Phi) is 4.28. The molecular formula is C17H9F2N5O3S. The van der Waals surface area contributed by atoms with E-state index in [1.165, 1.54) is 29.6 Å². The number of nitrogens with zero attached hydrogens (tertiary/aromatic N) is 4. The number of fused-ring (bicyclic) bond motifs is 1. The van der Waals surface area contributed by atoms with Gasteiger partial charge >= 0.3 is 0 Å². The number of H-pyrrole nitrogens is 1. The summed E-state index contributed by atoms with van der Waals surface area (Å²) in [5, 5.41) is 30.8. The highest BCUT2D eigenvalue weighted by Gasteiger charge is 2.15. The first-order chi connectivity index (χ1) is 13.4. The monoisotopic (exact) mass is 401 g/mol. The number of azo groups is 1. The third kappa shape index (κ3) is 3.18. The normalized spacial score (nSPS) is 11.5. The molecule has 0 spiro atoms. The zero-order chi connectivity index (χ0) is 19.8. The number of non-ortho nitro benzene ring substituents is 1. The standard InChI is InChI=1S/C17H9F2N5O3S/c18-8-1-3-10(12(19)5-8)14-7-28-17(21-14)23-22-15-11-6-9(24(26)27)2-4-13(11)20-16(15)25/h1-7,20,25H. The quantitative estimate of drug-likeness (QED) is 0.263. The van der Waals surface area contributed by atoms with Crippen LogP contribution >= 0.6 is 11.3 Å². The van der Waals surface area contributed by atoms with Gasteiger partial charge < -0.3 is 10.1 Å². The Labute approximate surface area is 159 Å². The summed E-state index contributed by atoms with van der Waals surface area (Å²) in [7, 11) is 0. The molecule has 0 aliphatic carbocycles. The molecule has 140 valence electrons. The maximum Gasteiger partial charge on any atom is 0.270 e. The molecule has 0 atom stereocenters. The molecule has 0 bridgehead atoms. The first kappa shape index (κ1) is 17.7. The van der Waals surface area contributed by atoms with Gasteiger partial charge in [-0.05, 0) is 18.2 Å². The number of aromatic nitrogens is 2. The molecule has 0 aliphatic rings. The van der Waals surface area contributed by atoms with Crippen molar-refractivity contribution in [1.82, 2.24) is 9.97 Å². The zero-order valence-electron chi connectivity index (χ0n) is 13.8. The highest BCUT2D eigenvalue weighted by molar-refractivity contribution is 7.13. The molecule has 4 rings (SSSR count). The van der Waals surface area contributed by atoms with Crippen molar-refractivity contribution in [3.63, 3.8) is 0 Å². The summed E-state index contributed by atoms with van der Waals surface area (Å²) in [4.78, 5) is 17.2. The number of thiazole rings is 1. The molecule has 0 saturated heterocycles. The first-order valence-corrected chi connectivity index (χ1v) is 8.62. The van der Waals surface area contributed by atoms with E-state index in [2.05, 4.69) is 20.2 Å². The number of rotatable bonds is 4. The number of nitro benzene ring substituents is 1. The van der Waals surface area contributed by atoms with E-state index in [4.69, 9.17) is 0 Å². The SMILES string of the molecule is O=[N+]([O-])c1ccc2[nH]c(O)c(N=Nc3nc(-c4ccc(F)cc4F)cs3)c2c1. The molecule has 11 heteroatoms. The molecular weight excluding hydrogens is 392 g/mol. The van der Waals surface area contributed by atoms with Gasteiger partial charge in [-0.2, -0.15) is 0 Å². The Bertz CT molecular complexity index is 1250. The van der Waals surface area contributed by atoms with E-state index in [9.17, 15) is 24.0 Å². The highest BCUT2D eigenvalue weighted by Crippen LogP contribution is 2.38. The van der Waals surface area contributed by atoms with Gasteiger partial charge in [0.25, 0.3) is 5.69 Å². The molecule has 0 aliphatic heterocycles. The molecule has 0 saturated carbocycles. The largest absolute Gasteiger partial charge is 0.493 e. The van der Waals surface area contributed by atoms with Crippen molar-refractivity contribution in [2.24, 2.45) is 10.2 Å². The molecule has 2 heterocycles. The average molecular weight is 401 g/mol. The Morgan fingerprint density at radius 2 is 2.00 bits per heavy atom. The minimum atomic E-state index is -0.754. The predicted octanol–water partition coefficient (Wildman–Crippen LogP) is 5.60. The van der Waals surface area contributed by atoms with Crippen LogP contribution in [0, 0.1) is 21.7 Å². The van der Waals surface area contributed by atoms with E-state index in [0.29, 0.717) is 10.9 Å². The van der Waals surface area contributed by atoms with Gasteiger partial charge in [0.05, 0.1) is 16.1 Å². The smallest absolute Gasteiger partial charge is 0.270 e. The lowest BCUT2D eigenvalue weighted by Crippen LogP contribution is -1.86. The third-order valence-electron chi connectivity index (χ3n) is 3.88. The van der Waals surface area contributed by atoms with Crippen molar-refractivity contribution >= 4 is 38.7 Å². The molecule has 2 aromatic carbocycles. The van der Waals surface area contributed by atoms with Gasteiger partial charge in [-0.15, -0.1) is 21.6 Å². The van der Waals surface area contributed by atoms with Gasteiger partial charge in [0.1, 0.15) is 11.6 Å². The van der Waals surface area contributed by atoms with Crippen LogP contribution in [0.2, 0.25) is 0 Å². The Morgan fingerprint density at radius 3 is 2.75 bits per heavy atom. The maximum atomic E-state index is 13.9. The molecule has 28 heavy (non-hydrogen) atoms. The van der Waals surface area contributed by atoms with Crippen molar-refractivity contribution in [2.75, 3.05) is 0 Å². The lowest BCUT2D eigenvalue weighted by molar-refractivity contribution is -0.384. The molecule has 2 N–H and O–H groups in total. The minimum absolute atomic E-state index is 0.0170. The summed E-state index contributed by atoms with van der Waals surface area (Å²) in [6, 6.07) is 7.16. The zero-order valence-corrected chi connectivity index (χ0v) is 14.6. The lowest BCUT2D eigenvalue weighted by Gasteiger charge is -1.98. The molecule has 8 nitrogen and oxygen atoms in total. The van der Waals surface area contributed by atoms with Crippen LogP contribution in [0.4, 0.5) is 25.3 Å². The minimum Gasteiger partial charge on any atom is -0.493 e. The van der Waals surface area contributed by atoms with Crippen LogP contribution in [-0.4, -0.2) is 20.0 Å². The number of hydrogen-bond acceptors (Lipinski definition) is 7. The first-order valence-electron chi connectivity index (χ1n) is 7.74. The summed E-state index contributed by atoms with van der Waals surface area (Å²) in [5.41, 5.74) is 0.680. The molecule has 4 aromatic rings.